The van der Waals surface area contributed by atoms with Gasteiger partial charge in [-0.3, -0.25) is 0 Å². The van der Waals surface area contributed by atoms with Gasteiger partial charge in [-0.05, 0) is 31.6 Å². The lowest BCUT2D eigenvalue weighted by atomic mass is 9.87. The molecule has 0 aliphatic heterocycles. The van der Waals surface area contributed by atoms with Crippen molar-refractivity contribution < 1.29 is 4.74 Å². The number of hydrogen-bond acceptors (Lipinski definition) is 1. The predicted molar refractivity (Wildman–Crippen MR) is 47.0 cm³/mol. The van der Waals surface area contributed by atoms with Gasteiger partial charge in [0.15, 0.2) is 0 Å². The fraction of sp³-hybridized carbons (Fsp3) is 0.700. The highest BCUT2D eigenvalue weighted by Gasteiger charge is 2.12. The monoisotopic (exact) mass is 153 g/mol. The molecule has 1 nitrogen and oxygen atoms in total. The summed E-state index contributed by atoms with van der Waals surface area (Å²) in [5.74, 6) is 0.903. The summed E-state index contributed by atoms with van der Waals surface area (Å²) in [5, 5.41) is 0. The normalized spacial score (nSPS) is 19.6. The SMILES string of the molecule is C=COCCC1CC[CH]CC1. The minimum Gasteiger partial charge on any atom is -0.502 e. The number of hydrogen-bond donors (Lipinski definition) is 0. The summed E-state index contributed by atoms with van der Waals surface area (Å²) < 4.78 is 5.09. The third-order valence-corrected chi connectivity index (χ3v) is 2.32. The van der Waals surface area contributed by atoms with Crippen molar-refractivity contribution in [2.45, 2.75) is 32.1 Å². The molecule has 0 N–H and O–H groups in total. The largest absolute Gasteiger partial charge is 0.502 e. The van der Waals surface area contributed by atoms with Gasteiger partial charge in [0.25, 0.3) is 0 Å². The molecule has 1 saturated carbocycles. The first-order chi connectivity index (χ1) is 5.43. The summed E-state index contributed by atoms with van der Waals surface area (Å²) in [6.45, 7) is 4.37. The van der Waals surface area contributed by atoms with E-state index in [1.807, 2.05) is 0 Å². The van der Waals surface area contributed by atoms with Crippen LogP contribution in [-0.2, 0) is 4.74 Å². The lowest BCUT2D eigenvalue weighted by Gasteiger charge is -2.20. The topological polar surface area (TPSA) is 9.23 Å². The summed E-state index contributed by atoms with van der Waals surface area (Å²) in [4.78, 5) is 0. The van der Waals surface area contributed by atoms with Gasteiger partial charge in [-0.15, -0.1) is 0 Å². The Morgan fingerprint density at radius 2 is 2.18 bits per heavy atom. The van der Waals surface area contributed by atoms with Crippen molar-refractivity contribution in [3.63, 3.8) is 0 Å². The third-order valence-electron chi connectivity index (χ3n) is 2.32. The minimum absolute atomic E-state index is 0.855. The molecule has 11 heavy (non-hydrogen) atoms. The van der Waals surface area contributed by atoms with Crippen molar-refractivity contribution in [2.75, 3.05) is 6.61 Å². The first-order valence-corrected chi connectivity index (χ1v) is 4.47. The van der Waals surface area contributed by atoms with Gasteiger partial charge in [0.2, 0.25) is 0 Å². The maximum absolute atomic E-state index is 5.09. The molecule has 0 atom stereocenters. The van der Waals surface area contributed by atoms with E-state index in [-0.39, 0.29) is 0 Å². The summed E-state index contributed by atoms with van der Waals surface area (Å²) in [6, 6.07) is 0. The lowest BCUT2D eigenvalue weighted by Crippen LogP contribution is -2.08. The van der Waals surface area contributed by atoms with Gasteiger partial charge < -0.3 is 4.74 Å². The van der Waals surface area contributed by atoms with Crippen molar-refractivity contribution >= 4 is 0 Å². The van der Waals surface area contributed by atoms with E-state index in [0.29, 0.717) is 0 Å². The molecule has 1 aliphatic rings. The molecule has 0 aromatic rings. The molecule has 0 bridgehead atoms. The van der Waals surface area contributed by atoms with Crippen LogP contribution in [0.2, 0.25) is 0 Å². The van der Waals surface area contributed by atoms with E-state index >= 15 is 0 Å². The highest BCUT2D eigenvalue weighted by Crippen LogP contribution is 2.25. The maximum atomic E-state index is 5.09. The highest BCUT2D eigenvalue weighted by molar-refractivity contribution is 4.76. The molecule has 0 amide bonds. The Bertz CT molecular complexity index is 103. The van der Waals surface area contributed by atoms with Gasteiger partial charge in [0.05, 0.1) is 12.9 Å². The quantitative estimate of drug-likeness (QED) is 0.445. The Morgan fingerprint density at radius 1 is 1.45 bits per heavy atom. The van der Waals surface area contributed by atoms with E-state index in [1.165, 1.54) is 38.4 Å². The zero-order valence-corrected chi connectivity index (χ0v) is 7.09. The zero-order valence-electron chi connectivity index (χ0n) is 7.09. The minimum atomic E-state index is 0.855. The Kier molecular flexibility index (Phi) is 4.10. The third kappa shape index (κ3) is 3.45. The fourth-order valence-corrected chi connectivity index (χ4v) is 1.60. The molecule has 0 heterocycles. The average Bonchev–Trinajstić information content (AvgIpc) is 2.07. The van der Waals surface area contributed by atoms with Crippen molar-refractivity contribution in [3.05, 3.63) is 19.3 Å². The molecule has 0 unspecified atom stereocenters. The van der Waals surface area contributed by atoms with E-state index in [2.05, 4.69) is 13.0 Å². The fourth-order valence-electron chi connectivity index (χ4n) is 1.60. The smallest absolute Gasteiger partial charge is 0.0875 e. The standard InChI is InChI=1S/C10H17O/c1-2-11-9-8-10-6-4-3-5-7-10/h2-3,10H,1,4-9H2. The summed E-state index contributed by atoms with van der Waals surface area (Å²) in [6.07, 6.45) is 10.5. The van der Waals surface area contributed by atoms with Crippen LogP contribution in [0.3, 0.4) is 0 Å². The second kappa shape index (κ2) is 5.22. The molecule has 1 aliphatic carbocycles. The lowest BCUT2D eigenvalue weighted by molar-refractivity contribution is 0.210. The predicted octanol–water partition coefficient (Wildman–Crippen LogP) is 2.93. The Labute approximate surface area is 69.4 Å². The van der Waals surface area contributed by atoms with Gasteiger partial charge in [-0.25, -0.2) is 0 Å². The van der Waals surface area contributed by atoms with Crippen LogP contribution in [0.15, 0.2) is 12.8 Å². The zero-order chi connectivity index (χ0) is 7.94. The van der Waals surface area contributed by atoms with Crippen molar-refractivity contribution in [3.8, 4) is 0 Å². The summed E-state index contributed by atoms with van der Waals surface area (Å²) >= 11 is 0. The molecule has 63 valence electrons. The summed E-state index contributed by atoms with van der Waals surface area (Å²) in [7, 11) is 0. The molecule has 0 spiro atoms. The van der Waals surface area contributed by atoms with Gasteiger partial charge in [0, 0.05) is 0 Å². The van der Waals surface area contributed by atoms with Crippen LogP contribution in [0.25, 0.3) is 0 Å². The number of ether oxygens (including phenoxy) is 1. The molecule has 1 fully saturated rings. The van der Waals surface area contributed by atoms with Gasteiger partial charge >= 0.3 is 0 Å². The Balaban J connectivity index is 2.00. The van der Waals surface area contributed by atoms with Crippen LogP contribution in [0.4, 0.5) is 0 Å². The Hall–Kier alpha value is -0.460. The van der Waals surface area contributed by atoms with Gasteiger partial charge in [0.1, 0.15) is 0 Å². The van der Waals surface area contributed by atoms with E-state index in [0.717, 1.165) is 12.5 Å². The van der Waals surface area contributed by atoms with Crippen molar-refractivity contribution in [1.82, 2.24) is 0 Å². The molecule has 0 saturated heterocycles. The average molecular weight is 153 g/mol. The van der Waals surface area contributed by atoms with Crippen LogP contribution in [0, 0.1) is 12.3 Å². The molecule has 0 aromatic carbocycles. The van der Waals surface area contributed by atoms with E-state index in [1.54, 1.807) is 0 Å². The second-order valence-corrected chi connectivity index (χ2v) is 3.14. The first-order valence-electron chi connectivity index (χ1n) is 4.47. The van der Waals surface area contributed by atoms with E-state index in [9.17, 15) is 0 Å². The molecule has 1 heteroatoms. The molecular formula is C10H17O. The van der Waals surface area contributed by atoms with Crippen molar-refractivity contribution in [2.24, 2.45) is 5.92 Å². The highest BCUT2D eigenvalue weighted by atomic mass is 16.5. The van der Waals surface area contributed by atoms with Crippen molar-refractivity contribution in [1.29, 1.82) is 0 Å². The van der Waals surface area contributed by atoms with Crippen LogP contribution in [0.1, 0.15) is 32.1 Å². The Morgan fingerprint density at radius 3 is 2.82 bits per heavy atom. The van der Waals surface area contributed by atoms with Gasteiger partial charge in [-0.2, -0.15) is 0 Å². The van der Waals surface area contributed by atoms with Crippen LogP contribution in [0.5, 0.6) is 0 Å². The molecule has 1 rings (SSSR count). The molecule has 1 radical (unpaired) electrons. The molecule has 0 aromatic heterocycles. The first kappa shape index (κ1) is 8.63. The van der Waals surface area contributed by atoms with Crippen LogP contribution >= 0.6 is 0 Å². The maximum Gasteiger partial charge on any atom is 0.0875 e. The van der Waals surface area contributed by atoms with E-state index < -0.39 is 0 Å². The van der Waals surface area contributed by atoms with Crippen LogP contribution < -0.4 is 0 Å². The van der Waals surface area contributed by atoms with E-state index in [4.69, 9.17) is 4.74 Å². The van der Waals surface area contributed by atoms with Crippen LogP contribution in [-0.4, -0.2) is 6.61 Å². The second-order valence-electron chi connectivity index (χ2n) is 3.14. The molecular weight excluding hydrogens is 136 g/mol. The summed E-state index contributed by atoms with van der Waals surface area (Å²) in [5.41, 5.74) is 0. The van der Waals surface area contributed by atoms with Gasteiger partial charge in [-0.1, -0.05) is 19.4 Å². The number of rotatable bonds is 4.